The van der Waals surface area contributed by atoms with Crippen LogP contribution in [0.25, 0.3) is 50.7 Å². The lowest BCUT2D eigenvalue weighted by Gasteiger charge is -2.36. The van der Waals surface area contributed by atoms with Gasteiger partial charge in [0.15, 0.2) is 40.5 Å². The molecule has 106 heavy (non-hydrogen) atoms. The summed E-state index contributed by atoms with van der Waals surface area (Å²) < 4.78 is 163. The summed E-state index contributed by atoms with van der Waals surface area (Å²) in [7, 11) is 0. The second kappa shape index (κ2) is 27.3. The van der Waals surface area contributed by atoms with Crippen LogP contribution in [0.1, 0.15) is 126 Å². The van der Waals surface area contributed by atoms with Gasteiger partial charge >= 0.3 is 37.6 Å². The van der Waals surface area contributed by atoms with E-state index in [1.807, 2.05) is 54.1 Å². The number of fused-ring (bicyclic) bond motifs is 1. The number of pyridine rings is 1. The van der Waals surface area contributed by atoms with Crippen LogP contribution in [0.5, 0.6) is 0 Å². The Morgan fingerprint density at radius 1 is 0.623 bits per heavy atom. The van der Waals surface area contributed by atoms with Gasteiger partial charge in [-0.05, 0) is 136 Å². The Kier molecular flexibility index (Phi) is 19.1. The van der Waals surface area contributed by atoms with Crippen LogP contribution in [0.2, 0.25) is 10.0 Å². The highest BCUT2D eigenvalue weighted by Gasteiger charge is 2.66. The molecule has 2 aliphatic heterocycles. The largest absolute Gasteiger partial charge is 0.447 e. The van der Waals surface area contributed by atoms with E-state index in [1.165, 1.54) is 47.9 Å². The number of nitrogens with zero attached hydrogens (tertiary/aromatic N) is 13. The number of aromatic nitrogens is 9. The molecule has 9 aromatic rings. The third kappa shape index (κ3) is 14.2. The lowest BCUT2D eigenvalue weighted by Crippen LogP contribution is -2.50. The van der Waals surface area contributed by atoms with Crippen LogP contribution >= 0.6 is 34.7 Å². The zero-order chi connectivity index (χ0) is 76.0. The molecule has 4 amide bonds. The van der Waals surface area contributed by atoms with E-state index >= 15 is 18.4 Å². The predicted molar refractivity (Wildman–Crippen MR) is 369 cm³/mol. The summed E-state index contributed by atoms with van der Waals surface area (Å²) in [6, 6.07) is 21.8. The number of benzene rings is 4. The van der Waals surface area contributed by atoms with E-state index in [4.69, 9.17) is 54.1 Å². The molecule has 0 saturated heterocycles. The fourth-order valence-electron chi connectivity index (χ4n) is 13.7. The highest BCUT2D eigenvalue weighted by molar-refractivity contribution is 7.03. The van der Waals surface area contributed by atoms with Gasteiger partial charge in [-0.25, -0.2) is 38.9 Å². The summed E-state index contributed by atoms with van der Waals surface area (Å²) in [6.45, 7) is 0.377. The van der Waals surface area contributed by atoms with E-state index in [-0.39, 0.29) is 72.3 Å². The number of aliphatic imine (C=N–C) groups is 2. The standard InChI is InChI=1S/C70H65Cl2F10N17O6S/c1-63(2,3)34-67(43-12-6-37(7-13-43)39-18-24-95-25-23-85-52(95)28-39)55(100)96(59(83)90-67)50(32-105-62(103)93-66(21-22-66)70(80,81)82)41-11-17-48(72)46(27-41)54-89-51(94-99(54)58(75)76)29-64(4,5)35-68(44-14-8-38(9-15-44)42-30-88-106-33-42)56(101)97(60(84)91-68)49(31-104-61(102)92-65(19-20-65)69(77,78)79)40-10-16-47(71)45(26-40)53-86-36-87-98(53)57(73)74/h6-18,23-28,30,33,36,49-50,57-58H,19-22,29,31-32,34-35H2,1-5H3,(H2,83,90)(H2,84,91)(H,92,102)(H,93,103)/t49-,50-,67-,68-/m1/s1. The van der Waals surface area contributed by atoms with Gasteiger partial charge in [0.05, 0.1) is 22.1 Å². The Balaban J connectivity index is 0.851. The number of rotatable bonds is 23. The van der Waals surface area contributed by atoms with Crippen LogP contribution in [0.3, 0.4) is 0 Å². The highest BCUT2D eigenvalue weighted by Crippen LogP contribution is 2.52. The van der Waals surface area contributed by atoms with E-state index in [9.17, 15) is 44.7 Å². The normalized spacial score (nSPS) is 19.2. The van der Waals surface area contributed by atoms with Crippen LogP contribution in [-0.4, -0.2) is 126 Å². The second-order valence-electron chi connectivity index (χ2n) is 28.4. The Morgan fingerprint density at radius 3 is 1.59 bits per heavy atom. The molecule has 2 aliphatic carbocycles. The Hall–Kier alpha value is -10.2. The molecule has 13 rings (SSSR count). The summed E-state index contributed by atoms with van der Waals surface area (Å²) in [5, 5.41) is 13.1. The fraction of sp³-hybridized carbons (Fsp3) is 0.371. The van der Waals surface area contributed by atoms with Gasteiger partial charge in [-0.1, -0.05) is 118 Å². The monoisotopic (exact) mass is 1530 g/mol. The first-order valence-corrected chi connectivity index (χ1v) is 34.5. The van der Waals surface area contributed by atoms with Crippen molar-refractivity contribution < 1.29 is 72.6 Å². The molecule has 36 heteroatoms. The molecule has 5 aromatic heterocycles. The van der Waals surface area contributed by atoms with Crippen LogP contribution < -0.4 is 22.1 Å². The molecule has 0 unspecified atom stereocenters. The topological polar surface area (TPSA) is 286 Å². The van der Waals surface area contributed by atoms with Gasteiger partial charge in [-0.3, -0.25) is 19.4 Å². The molecule has 4 atom stereocenters. The van der Waals surface area contributed by atoms with Gasteiger partial charge in [-0.15, -0.1) is 0 Å². The fourth-order valence-corrected chi connectivity index (χ4v) is 14.6. The number of nitrogens with one attached hydrogen (secondary N) is 2. The smallest absolute Gasteiger partial charge is 0.411 e. The SMILES string of the molecule is CC(C)(C)C[C@]1(c2ccc(-c3ccn4ccnc4c3)cc2)N=C(N)N([C@H](COC(=O)NC2(C(F)(F)F)CC2)c2ccc(Cl)c(-c3nc(CC(C)(C)C[C@]4(c5ccc(-c6cnsc6)cc5)N=C(N)N([C@H](COC(=O)NC5(C(F)(F)F)CC5)c5ccc(Cl)c(-c6ncnn6C(F)F)c5)C4=O)nn3C(F)F)c2)C1=O. The van der Waals surface area contributed by atoms with Crippen molar-refractivity contribution in [3.8, 4) is 45.0 Å². The van der Waals surface area contributed by atoms with Crippen LogP contribution in [0, 0.1) is 10.8 Å². The molecular weight excluding hydrogens is 1470 g/mol. The maximum absolute atomic E-state index is 16.1. The molecule has 2 fully saturated rings. The molecule has 0 bridgehead atoms. The Morgan fingerprint density at radius 2 is 1.12 bits per heavy atom. The van der Waals surface area contributed by atoms with E-state index < -0.39 is 157 Å². The van der Waals surface area contributed by atoms with Crippen molar-refractivity contribution >= 4 is 76.3 Å². The third-order valence-corrected chi connectivity index (χ3v) is 20.4. The summed E-state index contributed by atoms with van der Waals surface area (Å²) >= 11 is 14.7. The van der Waals surface area contributed by atoms with Crippen molar-refractivity contribution in [2.75, 3.05) is 13.2 Å². The lowest BCUT2D eigenvalue weighted by atomic mass is 9.72. The van der Waals surface area contributed by atoms with E-state index in [0.717, 1.165) is 27.3 Å². The predicted octanol–water partition coefficient (Wildman–Crippen LogP) is 14.7. The molecule has 556 valence electrons. The van der Waals surface area contributed by atoms with Gasteiger partial charge in [0.2, 0.25) is 0 Å². The van der Waals surface area contributed by atoms with E-state index in [2.05, 4.69) is 29.5 Å². The molecule has 2 saturated carbocycles. The number of alkyl halides is 10. The highest BCUT2D eigenvalue weighted by atomic mass is 35.5. The first kappa shape index (κ1) is 74.1. The van der Waals surface area contributed by atoms with Crippen molar-refractivity contribution in [1.82, 2.24) is 63.7 Å². The van der Waals surface area contributed by atoms with Gasteiger partial charge in [0.25, 0.3) is 11.8 Å². The minimum Gasteiger partial charge on any atom is -0.447 e. The lowest BCUT2D eigenvalue weighted by molar-refractivity contribution is -0.164. The van der Waals surface area contributed by atoms with E-state index in [1.54, 1.807) is 86.3 Å². The average Bonchev–Trinajstić information content (AvgIpc) is 1.58. The van der Waals surface area contributed by atoms with Crippen molar-refractivity contribution in [2.24, 2.45) is 32.3 Å². The minimum atomic E-state index is -4.87. The number of ether oxygens (including phenoxy) is 2. The number of carbonyl (C=O) groups is 4. The first-order chi connectivity index (χ1) is 49.9. The molecule has 23 nitrogen and oxygen atoms in total. The zero-order valence-electron chi connectivity index (χ0n) is 56.7. The first-order valence-electron chi connectivity index (χ1n) is 32.9. The summed E-state index contributed by atoms with van der Waals surface area (Å²) in [5.74, 6) is -3.88. The number of amides is 4. The molecule has 4 aromatic carbocycles. The summed E-state index contributed by atoms with van der Waals surface area (Å²) in [4.78, 5) is 83.4. The summed E-state index contributed by atoms with van der Waals surface area (Å²) in [5.41, 5.74) is 6.36. The van der Waals surface area contributed by atoms with Crippen LogP contribution in [0.4, 0.5) is 53.5 Å². The number of halogens is 12. The third-order valence-electron chi connectivity index (χ3n) is 19.1. The molecule has 4 aliphatic rings. The Labute approximate surface area is 611 Å². The zero-order valence-corrected chi connectivity index (χ0v) is 59.1. The molecule has 6 N–H and O–H groups in total. The molecule has 0 radical (unpaired) electrons. The molecule has 7 heterocycles. The van der Waals surface area contributed by atoms with Crippen LogP contribution in [-0.2, 0) is 36.6 Å². The number of guanidine groups is 2. The Bertz CT molecular complexity index is 4940. The maximum Gasteiger partial charge on any atom is 0.411 e. The number of hydrogen-bond acceptors (Lipinski definition) is 17. The molecular formula is C70H65Cl2F10N17O6S. The number of alkyl carbamates (subject to hydrolysis) is 2. The van der Waals surface area contributed by atoms with E-state index in [0.29, 0.717) is 22.3 Å². The number of carbonyl (C=O) groups excluding carboxylic acids is 4. The van der Waals surface area contributed by atoms with Gasteiger partial charge in [0.1, 0.15) is 36.3 Å². The summed E-state index contributed by atoms with van der Waals surface area (Å²) in [6.07, 6.45) is -7.51. The van der Waals surface area contributed by atoms with Crippen LogP contribution in [0.15, 0.2) is 144 Å². The minimum absolute atomic E-state index is 0.00986. The van der Waals surface area contributed by atoms with Gasteiger partial charge in [0, 0.05) is 53.3 Å². The maximum atomic E-state index is 16.1. The molecule has 0 spiro atoms. The van der Waals surface area contributed by atoms with Crippen molar-refractivity contribution in [2.45, 2.75) is 139 Å². The quantitative estimate of drug-likeness (QED) is 0.0433. The van der Waals surface area contributed by atoms with Crippen molar-refractivity contribution in [1.29, 1.82) is 0 Å². The van der Waals surface area contributed by atoms with Gasteiger partial charge in [-0.2, -0.15) is 63.5 Å². The second-order valence-corrected chi connectivity index (χ2v) is 29.9. The van der Waals surface area contributed by atoms with Gasteiger partial charge < -0.3 is 36.0 Å². The number of hydrogen-bond donors (Lipinski definition) is 4. The number of imidazole rings is 1. The van der Waals surface area contributed by atoms with Crippen molar-refractivity contribution in [3.05, 3.63) is 172 Å². The number of nitrogens with two attached hydrogens (primary N) is 2. The average molecular weight is 1530 g/mol. The van der Waals surface area contributed by atoms with Crippen molar-refractivity contribution in [3.63, 3.8) is 0 Å².